The lowest BCUT2D eigenvalue weighted by atomic mass is 10.2. The van der Waals surface area contributed by atoms with Crippen LogP contribution in [-0.4, -0.2) is 45.5 Å². The molecule has 1 aromatic rings. The highest BCUT2D eigenvalue weighted by Gasteiger charge is 2.34. The minimum absolute atomic E-state index is 0. The molecule has 5 nitrogen and oxygen atoms in total. The summed E-state index contributed by atoms with van der Waals surface area (Å²) in [4.78, 5) is 0.312. The molecule has 1 fully saturated rings. The summed E-state index contributed by atoms with van der Waals surface area (Å²) in [6.07, 6.45) is 1.82. The Hall–Kier alpha value is -0.820. The number of hydrogen-bond acceptors (Lipinski definition) is 4. The summed E-state index contributed by atoms with van der Waals surface area (Å²) >= 11 is 0. The Kier molecular flexibility index (Phi) is 6.93. The van der Waals surface area contributed by atoms with Gasteiger partial charge in [-0.15, -0.1) is 12.4 Å². The molecule has 1 aliphatic heterocycles. The fourth-order valence-corrected chi connectivity index (χ4v) is 4.32. The molecule has 1 unspecified atom stereocenters. The molecule has 7 heteroatoms. The molecule has 0 radical (unpaired) electrons. The molecular weight excluding hydrogens is 312 g/mol. The first-order chi connectivity index (χ1) is 9.59. The van der Waals surface area contributed by atoms with Gasteiger partial charge in [0.2, 0.25) is 10.0 Å². The highest BCUT2D eigenvalue weighted by atomic mass is 35.5. The van der Waals surface area contributed by atoms with Gasteiger partial charge in [-0.05, 0) is 38.9 Å². The minimum atomic E-state index is -3.44. The zero-order valence-electron chi connectivity index (χ0n) is 12.4. The van der Waals surface area contributed by atoms with Crippen LogP contribution in [0.5, 0.6) is 5.75 Å². The summed E-state index contributed by atoms with van der Waals surface area (Å²) in [6, 6.07) is 6.78. The fraction of sp³-hybridized carbons (Fsp3) is 0.571. The molecule has 1 aromatic carbocycles. The Bertz CT molecular complexity index is 551. The molecule has 0 amide bonds. The van der Waals surface area contributed by atoms with Gasteiger partial charge >= 0.3 is 0 Å². The molecule has 2 rings (SSSR count). The van der Waals surface area contributed by atoms with Crippen molar-refractivity contribution < 1.29 is 13.2 Å². The Morgan fingerprint density at radius 2 is 2.19 bits per heavy atom. The first-order valence-electron chi connectivity index (χ1n) is 6.99. The van der Waals surface area contributed by atoms with Crippen molar-refractivity contribution in [1.29, 1.82) is 0 Å². The quantitative estimate of drug-likeness (QED) is 0.863. The maximum absolute atomic E-state index is 12.7. The zero-order chi connectivity index (χ0) is 14.6. The van der Waals surface area contributed by atoms with Crippen molar-refractivity contribution in [2.75, 3.05) is 26.7 Å². The van der Waals surface area contributed by atoms with Gasteiger partial charge < -0.3 is 10.1 Å². The van der Waals surface area contributed by atoms with Crippen molar-refractivity contribution in [3.63, 3.8) is 0 Å². The average molecular weight is 335 g/mol. The van der Waals surface area contributed by atoms with Gasteiger partial charge in [0.25, 0.3) is 0 Å². The molecule has 0 aromatic heterocycles. The van der Waals surface area contributed by atoms with Crippen molar-refractivity contribution in [2.24, 2.45) is 0 Å². The predicted octanol–water partition coefficient (Wildman–Crippen LogP) is 1.88. The van der Waals surface area contributed by atoms with Crippen LogP contribution in [0.2, 0.25) is 0 Å². The fourth-order valence-electron chi connectivity index (χ4n) is 2.59. The lowest BCUT2D eigenvalue weighted by Crippen LogP contribution is -2.40. The van der Waals surface area contributed by atoms with E-state index in [-0.39, 0.29) is 18.4 Å². The van der Waals surface area contributed by atoms with Crippen LogP contribution in [0.3, 0.4) is 0 Å². The molecule has 0 aliphatic carbocycles. The summed E-state index contributed by atoms with van der Waals surface area (Å²) in [5, 5.41) is 3.06. The topological polar surface area (TPSA) is 58.6 Å². The van der Waals surface area contributed by atoms with Crippen LogP contribution in [0, 0.1) is 0 Å². The molecule has 21 heavy (non-hydrogen) atoms. The van der Waals surface area contributed by atoms with E-state index in [1.54, 1.807) is 28.6 Å². The minimum Gasteiger partial charge on any atom is -0.494 e. The summed E-state index contributed by atoms with van der Waals surface area (Å²) in [6.45, 7) is 3.68. The van der Waals surface area contributed by atoms with Crippen LogP contribution in [-0.2, 0) is 10.0 Å². The number of nitrogens with one attached hydrogen (secondary N) is 1. The molecule has 1 aliphatic rings. The van der Waals surface area contributed by atoms with Gasteiger partial charge in [-0.1, -0.05) is 6.07 Å². The number of halogens is 1. The maximum Gasteiger partial charge on any atom is 0.243 e. The van der Waals surface area contributed by atoms with E-state index in [0.29, 0.717) is 30.3 Å². The average Bonchev–Trinajstić information content (AvgIpc) is 2.89. The van der Waals surface area contributed by atoms with E-state index in [0.717, 1.165) is 12.8 Å². The summed E-state index contributed by atoms with van der Waals surface area (Å²) in [7, 11) is -1.59. The van der Waals surface area contributed by atoms with Gasteiger partial charge in [0, 0.05) is 25.2 Å². The van der Waals surface area contributed by atoms with Crippen LogP contribution < -0.4 is 10.1 Å². The second-order valence-corrected chi connectivity index (χ2v) is 6.77. The number of ether oxygens (including phenoxy) is 1. The molecule has 0 bridgehead atoms. The van der Waals surface area contributed by atoms with Crippen molar-refractivity contribution in [1.82, 2.24) is 9.62 Å². The third-order valence-corrected chi connectivity index (χ3v) is 5.43. The molecule has 0 spiro atoms. The molecule has 1 N–H and O–H groups in total. The Morgan fingerprint density at radius 3 is 2.86 bits per heavy atom. The molecular formula is C14H23ClN2O3S. The number of likely N-dealkylation sites (N-methyl/N-ethyl adjacent to an activating group) is 1. The summed E-state index contributed by atoms with van der Waals surface area (Å²) in [5.74, 6) is 0.595. The van der Waals surface area contributed by atoms with E-state index in [2.05, 4.69) is 5.32 Å². The standard InChI is InChI=1S/C14H22N2O3S.ClH/c1-3-19-13-7-4-8-14(10-13)20(17,18)16-9-5-6-12(16)11-15-2;/h4,7-8,10,12,15H,3,5-6,9,11H2,1-2H3;1H. The van der Waals surface area contributed by atoms with E-state index in [1.165, 1.54) is 0 Å². The lowest BCUT2D eigenvalue weighted by molar-refractivity contribution is 0.338. The second kappa shape index (κ2) is 7.98. The van der Waals surface area contributed by atoms with Crippen LogP contribution in [0.4, 0.5) is 0 Å². The summed E-state index contributed by atoms with van der Waals surface area (Å²) in [5.41, 5.74) is 0. The first-order valence-corrected chi connectivity index (χ1v) is 8.43. The van der Waals surface area contributed by atoms with E-state index < -0.39 is 10.0 Å². The van der Waals surface area contributed by atoms with E-state index >= 15 is 0 Å². The lowest BCUT2D eigenvalue weighted by Gasteiger charge is -2.24. The monoisotopic (exact) mass is 334 g/mol. The second-order valence-electron chi connectivity index (χ2n) is 4.88. The van der Waals surface area contributed by atoms with E-state index in [9.17, 15) is 8.42 Å². The van der Waals surface area contributed by atoms with E-state index in [1.807, 2.05) is 14.0 Å². The van der Waals surface area contributed by atoms with Crippen molar-refractivity contribution in [3.05, 3.63) is 24.3 Å². The van der Waals surface area contributed by atoms with Gasteiger partial charge in [-0.2, -0.15) is 4.31 Å². The molecule has 1 heterocycles. The highest BCUT2D eigenvalue weighted by molar-refractivity contribution is 7.89. The van der Waals surface area contributed by atoms with Crippen molar-refractivity contribution >= 4 is 22.4 Å². The number of nitrogens with zero attached hydrogens (tertiary/aromatic N) is 1. The van der Waals surface area contributed by atoms with Gasteiger partial charge in [0.05, 0.1) is 11.5 Å². The third kappa shape index (κ3) is 4.10. The Labute approximate surface area is 133 Å². The predicted molar refractivity (Wildman–Crippen MR) is 85.7 cm³/mol. The van der Waals surface area contributed by atoms with Crippen LogP contribution in [0.15, 0.2) is 29.2 Å². The third-order valence-electron chi connectivity index (χ3n) is 3.49. The van der Waals surface area contributed by atoms with Gasteiger partial charge in [0.15, 0.2) is 0 Å². The molecule has 120 valence electrons. The maximum atomic E-state index is 12.7. The SMILES string of the molecule is CCOc1cccc(S(=O)(=O)N2CCCC2CNC)c1.Cl. The largest absolute Gasteiger partial charge is 0.494 e. The highest BCUT2D eigenvalue weighted by Crippen LogP contribution is 2.27. The number of sulfonamides is 1. The van der Waals surface area contributed by atoms with Gasteiger partial charge in [-0.3, -0.25) is 0 Å². The number of hydrogen-bond donors (Lipinski definition) is 1. The van der Waals surface area contributed by atoms with Crippen LogP contribution in [0.25, 0.3) is 0 Å². The van der Waals surface area contributed by atoms with E-state index in [4.69, 9.17) is 4.74 Å². The summed E-state index contributed by atoms with van der Waals surface area (Å²) < 4.78 is 32.4. The normalized spacial score (nSPS) is 19.2. The number of benzene rings is 1. The van der Waals surface area contributed by atoms with Crippen LogP contribution in [0.1, 0.15) is 19.8 Å². The first kappa shape index (κ1) is 18.2. The van der Waals surface area contributed by atoms with Crippen molar-refractivity contribution in [2.45, 2.75) is 30.7 Å². The Morgan fingerprint density at radius 1 is 1.43 bits per heavy atom. The van der Waals surface area contributed by atoms with Gasteiger partial charge in [0.1, 0.15) is 5.75 Å². The Balaban J connectivity index is 0.00000220. The molecule has 1 saturated heterocycles. The zero-order valence-corrected chi connectivity index (χ0v) is 14.0. The smallest absolute Gasteiger partial charge is 0.243 e. The van der Waals surface area contributed by atoms with Crippen molar-refractivity contribution in [3.8, 4) is 5.75 Å². The number of rotatable bonds is 6. The molecule has 0 saturated carbocycles. The van der Waals surface area contributed by atoms with Gasteiger partial charge in [-0.25, -0.2) is 8.42 Å². The molecule has 1 atom stereocenters. The van der Waals surface area contributed by atoms with Crippen LogP contribution >= 0.6 is 12.4 Å².